The monoisotopic (exact) mass is 229 g/mol. The molecule has 2 aromatic heterocycles. The summed E-state index contributed by atoms with van der Waals surface area (Å²) in [4.78, 5) is 6.30. The van der Waals surface area contributed by atoms with E-state index >= 15 is 0 Å². The van der Waals surface area contributed by atoms with Gasteiger partial charge in [-0.2, -0.15) is 0 Å². The quantitative estimate of drug-likeness (QED) is 0.851. The molecule has 0 saturated heterocycles. The van der Waals surface area contributed by atoms with Crippen LogP contribution >= 0.6 is 0 Å². The number of hydrogen-bond donors (Lipinski definition) is 1. The fourth-order valence-electron chi connectivity index (χ4n) is 1.48. The van der Waals surface area contributed by atoms with E-state index in [1.165, 1.54) is 0 Å². The average Bonchev–Trinajstić information content (AvgIpc) is 2.38. The number of nitrogens with zero attached hydrogens (tertiary/aromatic N) is 4. The topological polar surface area (TPSA) is 67.9 Å². The summed E-state index contributed by atoms with van der Waals surface area (Å²) in [6, 6.07) is 9.53. The number of aromatic nitrogens is 3. The van der Waals surface area contributed by atoms with E-state index in [2.05, 4.69) is 15.2 Å². The number of likely N-dealkylation sites (N-methyl/N-ethyl adjacent to an activating group) is 1. The van der Waals surface area contributed by atoms with Crippen molar-refractivity contribution in [1.82, 2.24) is 15.2 Å². The minimum absolute atomic E-state index is 0.437. The fourth-order valence-corrected chi connectivity index (χ4v) is 1.48. The second kappa shape index (κ2) is 5.25. The van der Waals surface area contributed by atoms with Crippen LogP contribution < -0.4 is 10.6 Å². The molecule has 5 nitrogen and oxygen atoms in total. The molecular formula is C12H15N5. The maximum absolute atomic E-state index is 5.49. The van der Waals surface area contributed by atoms with Gasteiger partial charge in [0, 0.05) is 31.9 Å². The first-order valence-electron chi connectivity index (χ1n) is 5.46. The van der Waals surface area contributed by atoms with Crippen molar-refractivity contribution < 1.29 is 0 Å². The smallest absolute Gasteiger partial charge is 0.151 e. The van der Waals surface area contributed by atoms with E-state index in [1.807, 2.05) is 36.2 Å². The van der Waals surface area contributed by atoms with Gasteiger partial charge in [-0.25, -0.2) is 0 Å². The lowest BCUT2D eigenvalue weighted by Crippen LogP contribution is -2.22. The van der Waals surface area contributed by atoms with Crippen LogP contribution in [0, 0.1) is 0 Å². The number of pyridine rings is 1. The highest BCUT2D eigenvalue weighted by Crippen LogP contribution is 2.08. The molecule has 0 bridgehead atoms. The van der Waals surface area contributed by atoms with E-state index in [1.54, 1.807) is 12.3 Å². The summed E-state index contributed by atoms with van der Waals surface area (Å²) in [6.07, 6.45) is 2.68. The first kappa shape index (κ1) is 11.3. The molecule has 0 aliphatic carbocycles. The number of nitrogen functional groups attached to an aromatic ring is 1. The van der Waals surface area contributed by atoms with E-state index in [4.69, 9.17) is 5.73 Å². The maximum atomic E-state index is 5.49. The third-order valence-electron chi connectivity index (χ3n) is 2.49. The third-order valence-corrected chi connectivity index (χ3v) is 2.49. The molecule has 2 aromatic rings. The Morgan fingerprint density at radius 2 is 2.06 bits per heavy atom. The van der Waals surface area contributed by atoms with Crippen molar-refractivity contribution in [2.24, 2.45) is 0 Å². The van der Waals surface area contributed by atoms with E-state index < -0.39 is 0 Å². The zero-order chi connectivity index (χ0) is 12.1. The summed E-state index contributed by atoms with van der Waals surface area (Å²) in [5, 5.41) is 7.85. The zero-order valence-electron chi connectivity index (χ0n) is 9.74. The number of rotatable bonds is 4. The van der Waals surface area contributed by atoms with Crippen molar-refractivity contribution in [1.29, 1.82) is 0 Å². The highest BCUT2D eigenvalue weighted by Gasteiger charge is 2.03. The first-order chi connectivity index (χ1) is 8.25. The highest BCUT2D eigenvalue weighted by atomic mass is 15.3. The van der Waals surface area contributed by atoms with Gasteiger partial charge in [0.15, 0.2) is 5.82 Å². The van der Waals surface area contributed by atoms with Crippen LogP contribution in [0.4, 0.5) is 11.6 Å². The summed E-state index contributed by atoms with van der Waals surface area (Å²) < 4.78 is 0. The summed E-state index contributed by atoms with van der Waals surface area (Å²) in [6.45, 7) is 0.843. The highest BCUT2D eigenvalue weighted by molar-refractivity contribution is 5.40. The Kier molecular flexibility index (Phi) is 3.49. The Morgan fingerprint density at radius 1 is 1.18 bits per heavy atom. The molecule has 2 N–H and O–H groups in total. The van der Waals surface area contributed by atoms with Crippen LogP contribution in [0.5, 0.6) is 0 Å². The van der Waals surface area contributed by atoms with Gasteiger partial charge in [0.25, 0.3) is 0 Å². The van der Waals surface area contributed by atoms with Gasteiger partial charge in [-0.3, -0.25) is 4.98 Å². The van der Waals surface area contributed by atoms with E-state index in [0.717, 1.165) is 24.5 Å². The van der Waals surface area contributed by atoms with Gasteiger partial charge in [0.2, 0.25) is 0 Å². The van der Waals surface area contributed by atoms with Crippen molar-refractivity contribution >= 4 is 11.6 Å². The molecule has 0 unspecified atom stereocenters. The minimum Gasteiger partial charge on any atom is -0.382 e. The average molecular weight is 229 g/mol. The molecule has 0 aliphatic rings. The van der Waals surface area contributed by atoms with Crippen LogP contribution in [0.1, 0.15) is 5.69 Å². The molecule has 2 rings (SSSR count). The van der Waals surface area contributed by atoms with Gasteiger partial charge in [0.1, 0.15) is 5.82 Å². The number of nitrogens with two attached hydrogens (primary N) is 1. The summed E-state index contributed by atoms with van der Waals surface area (Å²) in [5.41, 5.74) is 6.56. The molecule has 17 heavy (non-hydrogen) atoms. The van der Waals surface area contributed by atoms with E-state index in [0.29, 0.717) is 5.82 Å². The predicted molar refractivity (Wildman–Crippen MR) is 67.7 cm³/mol. The Morgan fingerprint density at radius 3 is 2.71 bits per heavy atom. The molecule has 0 amide bonds. The molecular weight excluding hydrogens is 214 g/mol. The minimum atomic E-state index is 0.437. The van der Waals surface area contributed by atoms with E-state index in [-0.39, 0.29) is 0 Å². The third kappa shape index (κ3) is 3.14. The summed E-state index contributed by atoms with van der Waals surface area (Å²) in [5.74, 6) is 1.25. The molecule has 0 atom stereocenters. The van der Waals surface area contributed by atoms with Gasteiger partial charge in [-0.15, -0.1) is 10.2 Å². The van der Waals surface area contributed by atoms with Crippen LogP contribution in [0.2, 0.25) is 0 Å². The largest absolute Gasteiger partial charge is 0.382 e. The molecule has 0 aromatic carbocycles. The maximum Gasteiger partial charge on any atom is 0.151 e. The second-order valence-electron chi connectivity index (χ2n) is 3.81. The zero-order valence-corrected chi connectivity index (χ0v) is 9.74. The molecule has 0 aliphatic heterocycles. The molecule has 2 heterocycles. The van der Waals surface area contributed by atoms with Crippen molar-refractivity contribution in [2.75, 3.05) is 24.2 Å². The van der Waals surface area contributed by atoms with Crippen LogP contribution in [-0.4, -0.2) is 28.8 Å². The molecule has 0 radical (unpaired) electrons. The molecule has 0 spiro atoms. The van der Waals surface area contributed by atoms with Gasteiger partial charge in [0.05, 0.1) is 0 Å². The van der Waals surface area contributed by atoms with Crippen LogP contribution in [0.3, 0.4) is 0 Å². The molecule has 0 saturated carbocycles. The molecule has 0 fully saturated rings. The Balaban J connectivity index is 1.93. The predicted octanol–water partition coefficient (Wildman–Crippen LogP) is 1.13. The molecule has 88 valence electrons. The Labute approximate surface area is 100 Å². The lowest BCUT2D eigenvalue weighted by Gasteiger charge is -2.16. The van der Waals surface area contributed by atoms with Gasteiger partial charge >= 0.3 is 0 Å². The summed E-state index contributed by atoms with van der Waals surface area (Å²) in [7, 11) is 1.98. The van der Waals surface area contributed by atoms with Crippen LogP contribution in [-0.2, 0) is 6.42 Å². The van der Waals surface area contributed by atoms with Gasteiger partial charge in [-0.1, -0.05) is 6.07 Å². The standard InChI is InChI=1S/C12H15N5/c1-17(12-6-5-11(13)15-16-12)9-7-10-4-2-3-8-14-10/h2-6,8H,7,9H2,1H3,(H2,13,15). The lowest BCUT2D eigenvalue weighted by molar-refractivity contribution is 0.825. The van der Waals surface area contributed by atoms with E-state index in [9.17, 15) is 0 Å². The first-order valence-corrected chi connectivity index (χ1v) is 5.46. The van der Waals surface area contributed by atoms with Gasteiger partial charge < -0.3 is 10.6 Å². The van der Waals surface area contributed by atoms with Gasteiger partial charge in [-0.05, 0) is 24.3 Å². The lowest BCUT2D eigenvalue weighted by atomic mass is 10.2. The second-order valence-corrected chi connectivity index (χ2v) is 3.81. The molecule has 5 heteroatoms. The van der Waals surface area contributed by atoms with Crippen molar-refractivity contribution in [3.63, 3.8) is 0 Å². The number of hydrogen-bond acceptors (Lipinski definition) is 5. The van der Waals surface area contributed by atoms with Crippen LogP contribution in [0.15, 0.2) is 36.5 Å². The number of anilines is 2. The Bertz CT molecular complexity index is 454. The van der Waals surface area contributed by atoms with Crippen LogP contribution in [0.25, 0.3) is 0 Å². The Hall–Kier alpha value is -2.17. The van der Waals surface area contributed by atoms with Crippen molar-refractivity contribution in [2.45, 2.75) is 6.42 Å². The fraction of sp³-hybridized carbons (Fsp3) is 0.250. The summed E-state index contributed by atoms with van der Waals surface area (Å²) >= 11 is 0. The normalized spacial score (nSPS) is 10.2. The SMILES string of the molecule is CN(CCc1ccccn1)c1ccc(N)nn1. The van der Waals surface area contributed by atoms with Crippen molar-refractivity contribution in [3.8, 4) is 0 Å². The van der Waals surface area contributed by atoms with Crippen molar-refractivity contribution in [3.05, 3.63) is 42.2 Å².